The van der Waals surface area contributed by atoms with Gasteiger partial charge < -0.3 is 15.4 Å². The van der Waals surface area contributed by atoms with Crippen molar-refractivity contribution >= 4 is 5.96 Å². The average molecular weight is 398 g/mol. The predicted octanol–water partition coefficient (Wildman–Crippen LogP) is 3.26. The molecule has 1 aromatic heterocycles. The molecule has 2 N–H and O–H groups in total. The van der Waals surface area contributed by atoms with Crippen LogP contribution in [0.2, 0.25) is 0 Å². The molecule has 0 spiro atoms. The Kier molecular flexibility index (Phi) is 6.50. The van der Waals surface area contributed by atoms with Crippen LogP contribution in [0.5, 0.6) is 5.75 Å². The molecule has 1 aliphatic rings. The van der Waals surface area contributed by atoms with Gasteiger partial charge in [0, 0.05) is 36.3 Å². The zero-order chi connectivity index (χ0) is 21.0. The smallest absolute Gasteiger partial charge is 0.191 e. The summed E-state index contributed by atoms with van der Waals surface area (Å²) < 4.78 is 7.55. The Morgan fingerprint density at radius 1 is 1.31 bits per heavy atom. The van der Waals surface area contributed by atoms with E-state index in [1.165, 1.54) is 16.8 Å². The Hall–Kier alpha value is -2.50. The van der Waals surface area contributed by atoms with Gasteiger partial charge in [-0.05, 0) is 58.6 Å². The summed E-state index contributed by atoms with van der Waals surface area (Å²) in [5.74, 6) is 1.84. The third-order valence-electron chi connectivity index (χ3n) is 5.97. The van der Waals surface area contributed by atoms with Gasteiger partial charge in [-0.2, -0.15) is 5.10 Å². The normalized spacial score (nSPS) is 16.4. The molecule has 0 saturated heterocycles. The standard InChI is InChI=1S/C23H35N5O/c1-7-24-22(26-16(2)14-19-17(3)27-28(5)18(19)4)25-15-23(12-13-23)20-10-8-9-11-21(20)29-6/h8-11,16H,7,12-15H2,1-6H3,(H2,24,25,26). The molecule has 2 aromatic rings. The van der Waals surface area contributed by atoms with Gasteiger partial charge in [-0.3, -0.25) is 9.67 Å². The van der Waals surface area contributed by atoms with E-state index in [4.69, 9.17) is 9.73 Å². The van der Waals surface area contributed by atoms with Crippen LogP contribution in [0, 0.1) is 13.8 Å². The molecular weight excluding hydrogens is 362 g/mol. The monoisotopic (exact) mass is 397 g/mol. The predicted molar refractivity (Wildman–Crippen MR) is 119 cm³/mol. The third kappa shape index (κ3) is 4.74. The Balaban J connectivity index is 1.70. The Bertz CT molecular complexity index is 866. The maximum absolute atomic E-state index is 5.59. The van der Waals surface area contributed by atoms with Crippen molar-refractivity contribution in [2.24, 2.45) is 12.0 Å². The Morgan fingerprint density at radius 2 is 2.03 bits per heavy atom. The topological polar surface area (TPSA) is 63.5 Å². The van der Waals surface area contributed by atoms with Gasteiger partial charge in [0.25, 0.3) is 0 Å². The number of aromatic nitrogens is 2. The van der Waals surface area contributed by atoms with Gasteiger partial charge in [0.2, 0.25) is 0 Å². The first-order valence-corrected chi connectivity index (χ1v) is 10.6. The zero-order valence-electron chi connectivity index (χ0n) is 18.7. The fraction of sp³-hybridized carbons (Fsp3) is 0.565. The fourth-order valence-corrected chi connectivity index (χ4v) is 4.00. The number of ether oxygens (including phenoxy) is 1. The van der Waals surface area contributed by atoms with E-state index in [1.54, 1.807) is 7.11 Å². The lowest BCUT2D eigenvalue weighted by molar-refractivity contribution is 0.404. The molecule has 3 rings (SSSR count). The first kappa shape index (κ1) is 21.2. The van der Waals surface area contributed by atoms with Gasteiger partial charge >= 0.3 is 0 Å². The van der Waals surface area contributed by atoms with Crippen molar-refractivity contribution in [3.8, 4) is 5.75 Å². The van der Waals surface area contributed by atoms with E-state index in [2.05, 4.69) is 55.6 Å². The quantitative estimate of drug-likeness (QED) is 0.530. The van der Waals surface area contributed by atoms with E-state index < -0.39 is 0 Å². The van der Waals surface area contributed by atoms with Crippen LogP contribution in [0.1, 0.15) is 49.2 Å². The first-order chi connectivity index (χ1) is 13.9. The number of hydrogen-bond donors (Lipinski definition) is 2. The van der Waals surface area contributed by atoms with Crippen LogP contribution in [0.25, 0.3) is 0 Å². The highest BCUT2D eigenvalue weighted by molar-refractivity contribution is 5.80. The molecule has 1 atom stereocenters. The molecule has 1 saturated carbocycles. The molecule has 0 radical (unpaired) electrons. The summed E-state index contributed by atoms with van der Waals surface area (Å²) in [7, 11) is 3.75. The number of hydrogen-bond acceptors (Lipinski definition) is 3. The minimum atomic E-state index is 0.106. The summed E-state index contributed by atoms with van der Waals surface area (Å²) in [5.41, 5.74) is 5.03. The number of rotatable bonds is 8. The van der Waals surface area contributed by atoms with E-state index in [0.717, 1.165) is 49.8 Å². The van der Waals surface area contributed by atoms with Crippen LogP contribution in [0.15, 0.2) is 29.3 Å². The van der Waals surface area contributed by atoms with Crippen molar-refractivity contribution in [1.82, 2.24) is 20.4 Å². The third-order valence-corrected chi connectivity index (χ3v) is 5.97. The molecule has 1 aliphatic carbocycles. The molecule has 29 heavy (non-hydrogen) atoms. The molecule has 0 aliphatic heterocycles. The first-order valence-electron chi connectivity index (χ1n) is 10.6. The van der Waals surface area contributed by atoms with E-state index in [9.17, 15) is 0 Å². The molecular formula is C23H35N5O. The number of methoxy groups -OCH3 is 1. The second kappa shape index (κ2) is 8.89. The second-order valence-corrected chi connectivity index (χ2v) is 8.20. The number of benzene rings is 1. The van der Waals surface area contributed by atoms with Crippen molar-refractivity contribution in [3.05, 3.63) is 46.8 Å². The Morgan fingerprint density at radius 3 is 2.62 bits per heavy atom. The molecule has 0 bridgehead atoms. The largest absolute Gasteiger partial charge is 0.496 e. The number of guanidine groups is 1. The number of nitrogens with one attached hydrogen (secondary N) is 2. The molecule has 1 aromatic carbocycles. The van der Waals surface area contributed by atoms with Crippen LogP contribution >= 0.6 is 0 Å². The van der Waals surface area contributed by atoms with Crippen molar-refractivity contribution < 1.29 is 4.74 Å². The minimum absolute atomic E-state index is 0.106. The van der Waals surface area contributed by atoms with Gasteiger partial charge in [0.15, 0.2) is 5.96 Å². The number of aliphatic imine (C=N–C) groups is 1. The maximum atomic E-state index is 5.59. The van der Waals surface area contributed by atoms with Crippen LogP contribution in [0.4, 0.5) is 0 Å². The van der Waals surface area contributed by atoms with Gasteiger partial charge in [-0.15, -0.1) is 0 Å². The van der Waals surface area contributed by atoms with E-state index >= 15 is 0 Å². The summed E-state index contributed by atoms with van der Waals surface area (Å²) in [4.78, 5) is 4.95. The van der Waals surface area contributed by atoms with Crippen LogP contribution < -0.4 is 15.4 Å². The van der Waals surface area contributed by atoms with Crippen LogP contribution in [-0.4, -0.2) is 42.0 Å². The number of aryl methyl sites for hydroxylation is 2. The summed E-state index contributed by atoms with van der Waals surface area (Å²) in [6.45, 7) is 10.1. The highest BCUT2D eigenvalue weighted by atomic mass is 16.5. The summed E-state index contributed by atoms with van der Waals surface area (Å²) in [6, 6.07) is 8.60. The minimum Gasteiger partial charge on any atom is -0.496 e. The molecule has 1 heterocycles. The van der Waals surface area contributed by atoms with Crippen molar-refractivity contribution in [1.29, 1.82) is 0 Å². The molecule has 1 unspecified atom stereocenters. The average Bonchev–Trinajstić information content (AvgIpc) is 3.46. The zero-order valence-corrected chi connectivity index (χ0v) is 18.7. The summed E-state index contributed by atoms with van der Waals surface area (Å²) >= 11 is 0. The molecule has 6 heteroatoms. The van der Waals surface area contributed by atoms with Gasteiger partial charge in [0.1, 0.15) is 5.75 Å². The number of nitrogens with zero attached hydrogens (tertiary/aromatic N) is 3. The maximum Gasteiger partial charge on any atom is 0.191 e. The molecule has 1 fully saturated rings. The highest BCUT2D eigenvalue weighted by Crippen LogP contribution is 2.51. The van der Waals surface area contributed by atoms with E-state index in [1.807, 2.05) is 23.9 Å². The second-order valence-electron chi connectivity index (χ2n) is 8.20. The highest BCUT2D eigenvalue weighted by Gasteiger charge is 2.46. The van der Waals surface area contributed by atoms with Crippen molar-refractivity contribution in [2.75, 3.05) is 20.2 Å². The lowest BCUT2D eigenvalue weighted by Crippen LogP contribution is -2.43. The van der Waals surface area contributed by atoms with E-state index in [0.29, 0.717) is 0 Å². The molecule has 158 valence electrons. The lowest BCUT2D eigenvalue weighted by atomic mass is 9.95. The fourth-order valence-electron chi connectivity index (χ4n) is 4.00. The number of para-hydroxylation sites is 1. The lowest BCUT2D eigenvalue weighted by Gasteiger charge is -2.20. The summed E-state index contributed by atoms with van der Waals surface area (Å²) in [6.07, 6.45) is 3.23. The molecule has 6 nitrogen and oxygen atoms in total. The Labute approximate surface area is 174 Å². The van der Waals surface area contributed by atoms with Gasteiger partial charge in [-0.25, -0.2) is 0 Å². The molecule has 0 amide bonds. The van der Waals surface area contributed by atoms with Crippen LogP contribution in [-0.2, 0) is 18.9 Å². The van der Waals surface area contributed by atoms with Crippen molar-refractivity contribution in [3.63, 3.8) is 0 Å². The SMILES string of the molecule is CCNC(=NCC1(c2ccccc2OC)CC1)NC(C)Cc1c(C)nn(C)c1C. The van der Waals surface area contributed by atoms with E-state index in [-0.39, 0.29) is 11.5 Å². The summed E-state index contributed by atoms with van der Waals surface area (Å²) in [5, 5.41) is 11.5. The van der Waals surface area contributed by atoms with Gasteiger partial charge in [0.05, 0.1) is 19.3 Å². The van der Waals surface area contributed by atoms with Crippen molar-refractivity contribution in [2.45, 2.75) is 58.4 Å². The van der Waals surface area contributed by atoms with Crippen LogP contribution in [0.3, 0.4) is 0 Å². The van der Waals surface area contributed by atoms with Gasteiger partial charge in [-0.1, -0.05) is 18.2 Å².